The van der Waals surface area contributed by atoms with E-state index < -0.39 is 5.41 Å². The van der Waals surface area contributed by atoms with Gasteiger partial charge in [-0.1, -0.05) is 31.5 Å². The Kier molecular flexibility index (Phi) is 4.91. The summed E-state index contributed by atoms with van der Waals surface area (Å²) in [5.74, 6) is 0.0769. The molecular weight excluding hydrogens is 356 g/mol. The van der Waals surface area contributed by atoms with Crippen LogP contribution >= 0.6 is 0 Å². The van der Waals surface area contributed by atoms with Gasteiger partial charge in [0.2, 0.25) is 5.91 Å². The summed E-state index contributed by atoms with van der Waals surface area (Å²) >= 11 is 0. The minimum atomic E-state index is -0.540. The first kappa shape index (κ1) is 19.0. The number of hydrogen-bond donors (Lipinski definition) is 1. The minimum Gasteiger partial charge on any atom is -0.504 e. The average molecular weight is 384 g/mol. The lowest BCUT2D eigenvalue weighted by molar-refractivity contribution is -0.137. The third kappa shape index (κ3) is 2.65. The van der Waals surface area contributed by atoms with Crippen molar-refractivity contribution in [3.63, 3.8) is 0 Å². The van der Waals surface area contributed by atoms with E-state index in [0.717, 1.165) is 43.6 Å². The molecule has 3 aliphatic rings. The van der Waals surface area contributed by atoms with E-state index in [0.29, 0.717) is 11.5 Å². The van der Waals surface area contributed by atoms with E-state index in [-0.39, 0.29) is 23.8 Å². The number of para-hydroxylation sites is 1. The molecule has 0 saturated carbocycles. The lowest BCUT2D eigenvalue weighted by atomic mass is 9.67. The second kappa shape index (κ2) is 7.24. The van der Waals surface area contributed by atoms with Crippen LogP contribution in [0.4, 0.5) is 5.69 Å². The number of amides is 1. The molecule has 3 aliphatic heterocycles. The Labute approximate surface area is 165 Å². The highest BCUT2D eigenvalue weighted by molar-refractivity contribution is 6.07. The molecule has 28 heavy (non-hydrogen) atoms. The Hall–Kier alpha value is -2.34. The number of benzene rings is 1. The number of esters is 1. The van der Waals surface area contributed by atoms with Crippen LogP contribution in [-0.4, -0.2) is 50.1 Å². The fourth-order valence-corrected chi connectivity index (χ4v) is 5.63. The van der Waals surface area contributed by atoms with Crippen molar-refractivity contribution in [1.29, 1.82) is 0 Å². The van der Waals surface area contributed by atoms with Gasteiger partial charge in [-0.3, -0.25) is 9.69 Å². The number of fused-ring (bicyclic) bond motifs is 4. The maximum Gasteiger partial charge on any atom is 0.337 e. The van der Waals surface area contributed by atoms with Crippen LogP contribution in [-0.2, 0) is 24.5 Å². The van der Waals surface area contributed by atoms with Crippen molar-refractivity contribution in [2.24, 2.45) is 11.8 Å². The van der Waals surface area contributed by atoms with E-state index in [2.05, 4.69) is 23.2 Å². The highest BCUT2D eigenvalue weighted by Crippen LogP contribution is 2.53. The summed E-state index contributed by atoms with van der Waals surface area (Å²) in [7, 11) is 2.95. The second-order valence-corrected chi connectivity index (χ2v) is 8.04. The van der Waals surface area contributed by atoms with E-state index >= 15 is 0 Å². The summed E-state index contributed by atoms with van der Waals surface area (Å²) in [4.78, 5) is 28.1. The maximum atomic E-state index is 13.2. The first-order chi connectivity index (χ1) is 13.6. The number of carbonyl (C=O) groups excluding carboxylic acids is 2. The molecule has 1 aromatic carbocycles. The van der Waals surface area contributed by atoms with Crippen molar-refractivity contribution in [1.82, 2.24) is 4.90 Å². The Bertz CT molecular complexity index is 821. The largest absolute Gasteiger partial charge is 0.504 e. The Morgan fingerprint density at radius 3 is 2.86 bits per heavy atom. The van der Waals surface area contributed by atoms with Crippen molar-refractivity contribution in [3.05, 3.63) is 41.7 Å². The third-order valence-electron chi connectivity index (χ3n) is 6.97. The summed E-state index contributed by atoms with van der Waals surface area (Å²) in [5, 5.41) is 3.10. The first-order valence-corrected chi connectivity index (χ1v) is 10.0. The topological polar surface area (TPSA) is 67.9 Å². The molecule has 0 bridgehead atoms. The maximum absolute atomic E-state index is 13.2. The summed E-state index contributed by atoms with van der Waals surface area (Å²) in [6, 6.07) is 8.07. The highest BCUT2D eigenvalue weighted by Gasteiger charge is 2.60. The number of nitrogens with zero attached hydrogens (tertiary/aromatic N) is 1. The summed E-state index contributed by atoms with van der Waals surface area (Å²) in [5.41, 5.74) is 2.05. The fourth-order valence-electron chi connectivity index (χ4n) is 5.63. The number of methoxy groups -OCH3 is 2. The van der Waals surface area contributed by atoms with Crippen molar-refractivity contribution in [3.8, 4) is 0 Å². The molecule has 0 aromatic heterocycles. The van der Waals surface area contributed by atoms with Crippen molar-refractivity contribution < 1.29 is 19.1 Å². The molecule has 4 rings (SSSR count). The smallest absolute Gasteiger partial charge is 0.337 e. The first-order valence-electron chi connectivity index (χ1n) is 10.0. The Morgan fingerprint density at radius 1 is 1.36 bits per heavy atom. The van der Waals surface area contributed by atoms with Gasteiger partial charge in [0, 0.05) is 18.3 Å². The highest BCUT2D eigenvalue weighted by atomic mass is 16.5. The van der Waals surface area contributed by atoms with Gasteiger partial charge in [-0.25, -0.2) is 4.79 Å². The minimum absolute atomic E-state index is 0.00851. The molecule has 1 N–H and O–H groups in total. The van der Waals surface area contributed by atoms with Gasteiger partial charge in [-0.15, -0.1) is 0 Å². The normalized spacial score (nSPS) is 32.0. The van der Waals surface area contributed by atoms with Gasteiger partial charge in [-0.2, -0.15) is 0 Å². The van der Waals surface area contributed by atoms with Gasteiger partial charge in [0.25, 0.3) is 0 Å². The van der Waals surface area contributed by atoms with Gasteiger partial charge in [0.15, 0.2) is 0 Å². The van der Waals surface area contributed by atoms with Crippen LogP contribution in [0.5, 0.6) is 0 Å². The number of rotatable bonds is 4. The summed E-state index contributed by atoms with van der Waals surface area (Å²) < 4.78 is 10.3. The number of hydrogen-bond acceptors (Lipinski definition) is 5. The standard InChI is InChI=1S/C22H28N2O4/c1-4-14-12-24-10-9-22(17-7-5-6-8-18(17)23-21(22)26)19(24)11-15(14)16(13-27-2)20(25)28-3/h5-8,13-15,19H,4,9-12H2,1-3H3,(H,23,26)/t14-,15-,19+,22+/m0/s1. The number of piperidine rings is 1. The van der Waals surface area contributed by atoms with E-state index in [1.807, 2.05) is 18.2 Å². The van der Waals surface area contributed by atoms with Gasteiger partial charge < -0.3 is 14.8 Å². The predicted octanol–water partition coefficient (Wildman–Crippen LogP) is 2.70. The molecule has 150 valence electrons. The predicted molar refractivity (Wildman–Crippen MR) is 106 cm³/mol. The summed E-state index contributed by atoms with van der Waals surface area (Å²) in [6.07, 6.45) is 4.04. The molecule has 1 spiro atoms. The van der Waals surface area contributed by atoms with Gasteiger partial charge in [0.05, 0.1) is 31.5 Å². The molecule has 1 amide bonds. The zero-order valence-electron chi connectivity index (χ0n) is 16.7. The number of ether oxygens (including phenoxy) is 2. The molecule has 2 saturated heterocycles. The molecule has 1 aromatic rings. The molecule has 2 fully saturated rings. The van der Waals surface area contributed by atoms with Crippen molar-refractivity contribution in [2.75, 3.05) is 32.6 Å². The Morgan fingerprint density at radius 2 is 2.14 bits per heavy atom. The number of anilines is 1. The van der Waals surface area contributed by atoms with Gasteiger partial charge in [-0.05, 0) is 42.9 Å². The molecule has 0 aliphatic carbocycles. The van der Waals surface area contributed by atoms with E-state index in [1.54, 1.807) is 7.11 Å². The van der Waals surface area contributed by atoms with Crippen LogP contribution in [0.1, 0.15) is 31.7 Å². The van der Waals surface area contributed by atoms with Gasteiger partial charge in [0.1, 0.15) is 0 Å². The van der Waals surface area contributed by atoms with Crippen molar-refractivity contribution >= 4 is 17.6 Å². The van der Waals surface area contributed by atoms with Crippen LogP contribution < -0.4 is 5.32 Å². The monoisotopic (exact) mass is 384 g/mol. The molecule has 3 heterocycles. The third-order valence-corrected chi connectivity index (χ3v) is 6.97. The zero-order valence-corrected chi connectivity index (χ0v) is 16.7. The van der Waals surface area contributed by atoms with E-state index in [1.165, 1.54) is 13.4 Å². The lowest BCUT2D eigenvalue weighted by Gasteiger charge is -2.45. The number of carbonyl (C=O) groups is 2. The number of nitrogens with one attached hydrogen (secondary N) is 1. The Balaban J connectivity index is 1.74. The molecule has 0 unspecified atom stereocenters. The zero-order chi connectivity index (χ0) is 19.9. The average Bonchev–Trinajstić information content (AvgIpc) is 3.23. The van der Waals surface area contributed by atoms with Crippen LogP contribution in [0.3, 0.4) is 0 Å². The molecule has 6 heteroatoms. The molecule has 4 atom stereocenters. The molecule has 0 radical (unpaired) electrons. The van der Waals surface area contributed by atoms with Crippen LogP contribution in [0.2, 0.25) is 0 Å². The molecule has 6 nitrogen and oxygen atoms in total. The van der Waals surface area contributed by atoms with E-state index in [9.17, 15) is 9.59 Å². The van der Waals surface area contributed by atoms with E-state index in [4.69, 9.17) is 9.47 Å². The summed E-state index contributed by atoms with van der Waals surface area (Å²) in [6.45, 7) is 3.93. The van der Waals surface area contributed by atoms with Crippen molar-refractivity contribution in [2.45, 2.75) is 37.6 Å². The lowest BCUT2D eigenvalue weighted by Crippen LogP contribution is -2.53. The van der Waals surface area contributed by atoms with Crippen LogP contribution in [0, 0.1) is 11.8 Å². The fraction of sp³-hybridized carbons (Fsp3) is 0.545. The second-order valence-electron chi connectivity index (χ2n) is 8.04. The molecular formula is C22H28N2O4. The van der Waals surface area contributed by atoms with Gasteiger partial charge >= 0.3 is 5.97 Å². The van der Waals surface area contributed by atoms with Crippen LogP contribution in [0.25, 0.3) is 0 Å². The quantitative estimate of drug-likeness (QED) is 0.491. The SMILES string of the molecule is CC[C@H]1CN2CC[C@]3(C(=O)Nc4ccccc43)[C@H]2C[C@@H]1C(=COC)C(=O)OC. The van der Waals surface area contributed by atoms with Crippen LogP contribution in [0.15, 0.2) is 36.1 Å².